The number of nitriles is 1. The van der Waals surface area contributed by atoms with Gasteiger partial charge in [-0.15, -0.1) is 0 Å². The first-order valence-electron chi connectivity index (χ1n) is 8.87. The van der Waals surface area contributed by atoms with Gasteiger partial charge >= 0.3 is 0 Å². The first-order chi connectivity index (χ1) is 11.7. The van der Waals surface area contributed by atoms with E-state index in [4.69, 9.17) is 0 Å². The Kier molecular flexibility index (Phi) is 5.87. The molecule has 5 nitrogen and oxygen atoms in total. The Morgan fingerprint density at radius 1 is 1.16 bits per heavy atom. The smallest absolute Gasteiger partial charge is 0.228 e. The molecule has 1 aliphatic heterocycles. The van der Waals surface area contributed by atoms with E-state index in [0.29, 0.717) is 19.3 Å². The summed E-state index contributed by atoms with van der Waals surface area (Å²) in [6.45, 7) is 7.76. The van der Waals surface area contributed by atoms with Gasteiger partial charge in [0.1, 0.15) is 5.54 Å². The van der Waals surface area contributed by atoms with Gasteiger partial charge in [-0.25, -0.2) is 10.0 Å². The molecule has 1 saturated heterocycles. The predicted molar refractivity (Wildman–Crippen MR) is 100.0 cm³/mol. The maximum atomic E-state index is 12.9. The van der Waals surface area contributed by atoms with Gasteiger partial charge in [0.25, 0.3) is 0 Å². The summed E-state index contributed by atoms with van der Waals surface area (Å²) in [6, 6.07) is 6.67. The summed E-state index contributed by atoms with van der Waals surface area (Å²) < 4.78 is 0. The lowest BCUT2D eigenvalue weighted by Crippen LogP contribution is -2.57. The molecular weight excluding hydrogens is 312 g/mol. The minimum absolute atomic E-state index is 0.0231. The molecular formula is C20H30N4O. The molecule has 25 heavy (non-hydrogen) atoms. The van der Waals surface area contributed by atoms with Crippen molar-refractivity contribution >= 4 is 5.91 Å². The molecule has 0 aromatic heterocycles. The number of aryl methyl sites for hydroxylation is 3. The molecule has 0 bridgehead atoms. The Morgan fingerprint density at radius 2 is 1.68 bits per heavy atom. The van der Waals surface area contributed by atoms with Crippen molar-refractivity contribution in [2.24, 2.45) is 0 Å². The Balaban J connectivity index is 2.15. The number of nitrogens with zero attached hydrogens (tertiary/aromatic N) is 4. The van der Waals surface area contributed by atoms with E-state index in [9.17, 15) is 10.1 Å². The van der Waals surface area contributed by atoms with Crippen LogP contribution in [-0.4, -0.2) is 60.6 Å². The van der Waals surface area contributed by atoms with Crippen LogP contribution in [-0.2, 0) is 11.2 Å². The number of amides is 1. The van der Waals surface area contributed by atoms with E-state index < -0.39 is 5.54 Å². The van der Waals surface area contributed by atoms with Crippen LogP contribution >= 0.6 is 0 Å². The lowest BCUT2D eigenvalue weighted by atomic mass is 9.87. The SMILES string of the molecule is Cc1cc(C)c(CC(=O)N(C)C2(C#N)CCN(N(C)C)CC2)c(C)c1. The van der Waals surface area contributed by atoms with Crippen molar-refractivity contribution in [3.8, 4) is 6.07 Å². The average molecular weight is 342 g/mol. The highest BCUT2D eigenvalue weighted by Gasteiger charge is 2.41. The quantitative estimate of drug-likeness (QED) is 0.843. The molecule has 1 fully saturated rings. The maximum Gasteiger partial charge on any atom is 0.228 e. The van der Waals surface area contributed by atoms with Crippen LogP contribution in [0.15, 0.2) is 12.1 Å². The molecule has 1 aliphatic rings. The molecule has 5 heteroatoms. The van der Waals surface area contributed by atoms with Crippen molar-refractivity contribution in [2.45, 2.75) is 45.6 Å². The van der Waals surface area contributed by atoms with Gasteiger partial charge in [-0.2, -0.15) is 5.26 Å². The van der Waals surface area contributed by atoms with Gasteiger partial charge in [-0.05, 0) is 50.3 Å². The molecule has 1 amide bonds. The van der Waals surface area contributed by atoms with E-state index in [0.717, 1.165) is 29.8 Å². The summed E-state index contributed by atoms with van der Waals surface area (Å²) in [5.41, 5.74) is 3.89. The van der Waals surface area contributed by atoms with Gasteiger partial charge in [0.2, 0.25) is 5.91 Å². The van der Waals surface area contributed by atoms with Crippen molar-refractivity contribution in [1.82, 2.24) is 14.9 Å². The lowest BCUT2D eigenvalue weighted by molar-refractivity contribution is -0.136. The molecule has 0 spiro atoms. The van der Waals surface area contributed by atoms with Crippen molar-refractivity contribution in [2.75, 3.05) is 34.2 Å². The first-order valence-corrected chi connectivity index (χ1v) is 8.87. The van der Waals surface area contributed by atoms with Crippen LogP contribution in [0.5, 0.6) is 0 Å². The zero-order valence-electron chi connectivity index (χ0n) is 16.4. The van der Waals surface area contributed by atoms with Crippen molar-refractivity contribution in [1.29, 1.82) is 5.26 Å². The van der Waals surface area contributed by atoms with Gasteiger partial charge in [-0.1, -0.05) is 17.7 Å². The van der Waals surface area contributed by atoms with E-state index in [1.165, 1.54) is 5.56 Å². The number of piperidine rings is 1. The zero-order valence-corrected chi connectivity index (χ0v) is 16.4. The molecule has 136 valence electrons. The summed E-state index contributed by atoms with van der Waals surface area (Å²) in [5.74, 6) is 0.0231. The maximum absolute atomic E-state index is 12.9. The van der Waals surface area contributed by atoms with Crippen LogP contribution < -0.4 is 0 Å². The predicted octanol–water partition coefficient (Wildman–Crippen LogP) is 2.45. The average Bonchev–Trinajstić information content (AvgIpc) is 2.57. The van der Waals surface area contributed by atoms with E-state index >= 15 is 0 Å². The summed E-state index contributed by atoms with van der Waals surface area (Å²) in [5, 5.41) is 14.1. The molecule has 0 N–H and O–H groups in total. The van der Waals surface area contributed by atoms with Crippen LogP contribution in [0.2, 0.25) is 0 Å². The third-order valence-corrected chi connectivity index (χ3v) is 5.53. The van der Waals surface area contributed by atoms with Gasteiger partial charge < -0.3 is 4.90 Å². The molecule has 1 heterocycles. The number of hydrazine groups is 1. The third kappa shape index (κ3) is 4.02. The van der Waals surface area contributed by atoms with Gasteiger partial charge in [0, 0.05) is 34.2 Å². The number of carbonyl (C=O) groups excluding carboxylic acids is 1. The minimum Gasteiger partial charge on any atom is -0.327 e. The highest BCUT2D eigenvalue weighted by molar-refractivity contribution is 5.80. The molecule has 1 aromatic rings. The van der Waals surface area contributed by atoms with Crippen molar-refractivity contribution in [3.63, 3.8) is 0 Å². The zero-order chi connectivity index (χ0) is 18.8. The molecule has 0 unspecified atom stereocenters. The van der Waals surface area contributed by atoms with Gasteiger partial charge in [0.15, 0.2) is 0 Å². The second kappa shape index (κ2) is 7.55. The highest BCUT2D eigenvalue weighted by atomic mass is 16.2. The van der Waals surface area contributed by atoms with Crippen LogP contribution in [0.1, 0.15) is 35.1 Å². The van der Waals surface area contributed by atoms with Crippen molar-refractivity contribution in [3.05, 3.63) is 34.4 Å². The highest BCUT2D eigenvalue weighted by Crippen LogP contribution is 2.29. The first kappa shape index (κ1) is 19.4. The van der Waals surface area contributed by atoms with E-state index in [1.807, 2.05) is 14.1 Å². The normalized spacial score (nSPS) is 17.4. The van der Waals surface area contributed by atoms with E-state index in [2.05, 4.69) is 49.0 Å². The molecule has 0 saturated carbocycles. The molecule has 0 radical (unpaired) electrons. The summed E-state index contributed by atoms with van der Waals surface area (Å²) in [6.07, 6.45) is 1.71. The third-order valence-electron chi connectivity index (χ3n) is 5.53. The number of likely N-dealkylation sites (N-methyl/N-ethyl adjacent to an activating group) is 1. The fourth-order valence-corrected chi connectivity index (χ4v) is 3.78. The number of hydrogen-bond acceptors (Lipinski definition) is 4. The summed E-state index contributed by atoms with van der Waals surface area (Å²) in [7, 11) is 5.81. The Labute approximate surface area is 151 Å². The fraction of sp³-hybridized carbons (Fsp3) is 0.600. The number of rotatable bonds is 4. The summed E-state index contributed by atoms with van der Waals surface area (Å²) in [4.78, 5) is 14.6. The number of hydrogen-bond donors (Lipinski definition) is 0. The number of benzene rings is 1. The minimum atomic E-state index is -0.698. The Hall–Kier alpha value is -1.90. The van der Waals surface area contributed by atoms with Crippen LogP contribution in [0.4, 0.5) is 0 Å². The Bertz CT molecular complexity index is 658. The fourth-order valence-electron chi connectivity index (χ4n) is 3.78. The molecule has 0 aliphatic carbocycles. The van der Waals surface area contributed by atoms with Crippen LogP contribution in [0.3, 0.4) is 0 Å². The van der Waals surface area contributed by atoms with E-state index in [-0.39, 0.29) is 5.91 Å². The standard InChI is InChI=1S/C20H30N4O/c1-15-11-16(2)18(17(3)12-15)13-19(25)23(6)20(14-21)7-9-24(10-8-20)22(4)5/h11-12H,7-10,13H2,1-6H3. The van der Waals surface area contributed by atoms with Crippen LogP contribution in [0, 0.1) is 32.1 Å². The van der Waals surface area contributed by atoms with Crippen LogP contribution in [0.25, 0.3) is 0 Å². The second-order valence-electron chi connectivity index (χ2n) is 7.45. The lowest BCUT2D eigenvalue weighted by Gasteiger charge is -2.44. The van der Waals surface area contributed by atoms with Gasteiger partial charge in [-0.3, -0.25) is 4.79 Å². The van der Waals surface area contributed by atoms with E-state index in [1.54, 1.807) is 11.9 Å². The topological polar surface area (TPSA) is 50.6 Å². The summed E-state index contributed by atoms with van der Waals surface area (Å²) >= 11 is 0. The molecule has 0 atom stereocenters. The second-order valence-corrected chi connectivity index (χ2v) is 7.45. The molecule has 1 aromatic carbocycles. The van der Waals surface area contributed by atoms with Gasteiger partial charge in [0.05, 0.1) is 12.5 Å². The number of carbonyl (C=O) groups is 1. The molecule has 2 rings (SSSR count). The monoisotopic (exact) mass is 342 g/mol. The largest absolute Gasteiger partial charge is 0.327 e. The van der Waals surface area contributed by atoms with Crippen molar-refractivity contribution < 1.29 is 4.79 Å². The Morgan fingerprint density at radius 3 is 2.12 bits per heavy atom.